The third-order valence-electron chi connectivity index (χ3n) is 6.49. The van der Waals surface area contributed by atoms with Gasteiger partial charge in [0, 0.05) is 25.7 Å². The smallest absolute Gasteiger partial charge is 0.136 e. The molecule has 0 saturated heterocycles. The number of thiazole rings is 2. The van der Waals surface area contributed by atoms with Gasteiger partial charge in [0.25, 0.3) is 0 Å². The monoisotopic (exact) mass is 520 g/mol. The first-order valence-electron chi connectivity index (χ1n) is 12.4. The Morgan fingerprint density at radius 2 is 1.26 bits per heavy atom. The molecule has 174 valence electrons. The minimum absolute atomic E-state index is 1.11. The van der Waals surface area contributed by atoms with E-state index in [1.807, 2.05) is 45.3 Å². The van der Waals surface area contributed by atoms with Crippen molar-refractivity contribution in [3.05, 3.63) is 47.5 Å². The first-order valence-corrected chi connectivity index (χ1v) is 15.7. The number of benzene rings is 2. The first-order chi connectivity index (χ1) is 16.8. The zero-order chi connectivity index (χ0) is 22.9. The molecule has 6 heteroatoms. The Balaban J connectivity index is 1.20. The Labute approximate surface area is 216 Å². The summed E-state index contributed by atoms with van der Waals surface area (Å²) in [5, 5.41) is 5.16. The van der Waals surface area contributed by atoms with Crippen LogP contribution in [0.15, 0.2) is 42.5 Å². The van der Waals surface area contributed by atoms with E-state index in [0.29, 0.717) is 0 Å². The molecule has 6 aromatic rings. The van der Waals surface area contributed by atoms with Crippen molar-refractivity contribution >= 4 is 84.6 Å². The Hall–Kier alpha value is -1.86. The number of rotatable bonds is 10. The van der Waals surface area contributed by atoms with Crippen molar-refractivity contribution < 1.29 is 0 Å². The van der Waals surface area contributed by atoms with Crippen LogP contribution < -0.4 is 0 Å². The lowest BCUT2D eigenvalue weighted by Crippen LogP contribution is -1.85. The summed E-state index contributed by atoms with van der Waals surface area (Å²) in [6, 6.07) is 15.3. The lowest BCUT2D eigenvalue weighted by molar-refractivity contribution is 0.575. The van der Waals surface area contributed by atoms with Gasteiger partial charge in [0.2, 0.25) is 0 Å². The van der Waals surface area contributed by atoms with E-state index in [1.165, 1.54) is 96.3 Å². The minimum atomic E-state index is 1.11. The highest BCUT2D eigenvalue weighted by atomic mass is 32.1. The van der Waals surface area contributed by atoms with E-state index in [2.05, 4.69) is 49.4 Å². The van der Waals surface area contributed by atoms with Gasteiger partial charge < -0.3 is 0 Å². The average Bonchev–Trinajstić information content (AvgIpc) is 3.59. The van der Waals surface area contributed by atoms with Crippen molar-refractivity contribution in [1.82, 2.24) is 9.97 Å². The molecule has 0 saturated carbocycles. The fourth-order valence-electron chi connectivity index (χ4n) is 4.65. The van der Waals surface area contributed by atoms with Gasteiger partial charge in [-0.25, -0.2) is 9.97 Å². The van der Waals surface area contributed by atoms with Crippen LogP contribution in [0.5, 0.6) is 0 Å². The van der Waals surface area contributed by atoms with E-state index >= 15 is 0 Å². The van der Waals surface area contributed by atoms with E-state index in [0.717, 1.165) is 16.3 Å². The van der Waals surface area contributed by atoms with Gasteiger partial charge in [-0.1, -0.05) is 82.2 Å². The van der Waals surface area contributed by atoms with E-state index in [-0.39, 0.29) is 0 Å². The van der Waals surface area contributed by atoms with Crippen molar-refractivity contribution in [1.29, 1.82) is 0 Å². The SMILES string of the molecule is CCCCCCCCCCc1nc2sc3cc4c(cc3c2s1)sc1nc(-c2ccccc2)sc14. The van der Waals surface area contributed by atoms with Crippen molar-refractivity contribution in [2.45, 2.75) is 64.7 Å². The zero-order valence-electron chi connectivity index (χ0n) is 19.4. The molecule has 4 heterocycles. The predicted molar refractivity (Wildman–Crippen MR) is 155 cm³/mol. The van der Waals surface area contributed by atoms with Gasteiger partial charge in [-0.3, -0.25) is 0 Å². The summed E-state index contributed by atoms with van der Waals surface area (Å²) in [6.45, 7) is 2.28. The summed E-state index contributed by atoms with van der Waals surface area (Å²) in [5.74, 6) is 0. The van der Waals surface area contributed by atoms with Gasteiger partial charge >= 0.3 is 0 Å². The number of hydrogen-bond donors (Lipinski definition) is 0. The maximum Gasteiger partial charge on any atom is 0.136 e. The highest BCUT2D eigenvalue weighted by Crippen LogP contribution is 2.45. The molecule has 0 aliphatic rings. The van der Waals surface area contributed by atoms with Crippen molar-refractivity contribution in [3.63, 3.8) is 0 Å². The molecule has 0 unspecified atom stereocenters. The molecule has 0 fully saturated rings. The zero-order valence-corrected chi connectivity index (χ0v) is 22.7. The molecule has 4 aromatic heterocycles. The minimum Gasteiger partial charge on any atom is -0.230 e. The highest BCUT2D eigenvalue weighted by molar-refractivity contribution is 7.34. The molecule has 2 aromatic carbocycles. The molecular formula is C28H28N2S4. The summed E-state index contributed by atoms with van der Waals surface area (Å²) in [7, 11) is 0. The van der Waals surface area contributed by atoms with E-state index in [1.54, 1.807) is 0 Å². The molecule has 0 N–H and O–H groups in total. The van der Waals surface area contributed by atoms with Gasteiger partial charge in [-0.2, -0.15) is 0 Å². The van der Waals surface area contributed by atoms with Crippen LogP contribution in [0.3, 0.4) is 0 Å². The molecule has 34 heavy (non-hydrogen) atoms. The lowest BCUT2D eigenvalue weighted by atomic mass is 10.1. The van der Waals surface area contributed by atoms with Crippen LogP contribution in [-0.4, -0.2) is 9.97 Å². The standard InChI is InChI=1S/C28H28N2S4/c1-2-3-4-5-6-7-8-12-15-23-29-27-24(33-23)19-16-22-20(17-21(19)31-27)25-28(32-22)30-26(34-25)18-13-10-9-11-14-18/h9-11,13-14,16-17H,2-8,12,15H2,1H3. The second-order valence-corrected chi connectivity index (χ2v) is 13.2. The largest absolute Gasteiger partial charge is 0.230 e. The topological polar surface area (TPSA) is 25.8 Å². The second-order valence-electron chi connectivity index (χ2n) is 9.03. The molecule has 0 bridgehead atoms. The van der Waals surface area contributed by atoms with Gasteiger partial charge in [-0.05, 0) is 25.0 Å². The van der Waals surface area contributed by atoms with Gasteiger partial charge in [0.1, 0.15) is 14.7 Å². The van der Waals surface area contributed by atoms with Gasteiger partial charge in [0.15, 0.2) is 0 Å². The Kier molecular flexibility index (Phi) is 6.66. The number of nitrogens with zero attached hydrogens (tertiary/aromatic N) is 2. The van der Waals surface area contributed by atoms with E-state index < -0.39 is 0 Å². The predicted octanol–water partition coefficient (Wildman–Crippen LogP) is 10.7. The summed E-state index contributed by atoms with van der Waals surface area (Å²) in [5.41, 5.74) is 1.20. The molecule has 0 amide bonds. The van der Waals surface area contributed by atoms with Crippen molar-refractivity contribution in [3.8, 4) is 10.6 Å². The summed E-state index contributed by atoms with van der Waals surface area (Å²) in [4.78, 5) is 12.4. The third kappa shape index (κ3) is 4.41. The average molecular weight is 521 g/mol. The Morgan fingerprint density at radius 3 is 1.97 bits per heavy atom. The Morgan fingerprint density at radius 1 is 0.647 bits per heavy atom. The molecule has 0 spiro atoms. The lowest BCUT2D eigenvalue weighted by Gasteiger charge is -2.00. The molecule has 2 nitrogen and oxygen atoms in total. The van der Waals surface area contributed by atoms with Gasteiger partial charge in [0.05, 0.1) is 14.4 Å². The van der Waals surface area contributed by atoms with Crippen LogP contribution in [0.2, 0.25) is 0 Å². The number of thiophene rings is 2. The Bertz CT molecular complexity index is 1550. The molecule has 0 aliphatic heterocycles. The van der Waals surface area contributed by atoms with Crippen molar-refractivity contribution in [2.75, 3.05) is 0 Å². The highest BCUT2D eigenvalue weighted by Gasteiger charge is 2.17. The fourth-order valence-corrected chi connectivity index (χ4v) is 9.43. The number of aromatic nitrogens is 2. The molecule has 0 radical (unpaired) electrons. The van der Waals surface area contributed by atoms with Crippen molar-refractivity contribution in [2.24, 2.45) is 0 Å². The van der Waals surface area contributed by atoms with Crippen LogP contribution in [0.4, 0.5) is 0 Å². The molecule has 0 aliphatic carbocycles. The number of fused-ring (bicyclic) bond motifs is 6. The third-order valence-corrected chi connectivity index (χ3v) is 11.1. The first kappa shape index (κ1) is 22.6. The van der Waals surface area contributed by atoms with Gasteiger partial charge in [-0.15, -0.1) is 45.3 Å². The summed E-state index contributed by atoms with van der Waals surface area (Å²) in [6.07, 6.45) is 12.1. The maximum absolute atomic E-state index is 5.02. The summed E-state index contributed by atoms with van der Waals surface area (Å²) >= 11 is 7.41. The maximum atomic E-state index is 5.02. The van der Waals surface area contributed by atoms with Crippen LogP contribution in [0.1, 0.15) is 63.3 Å². The normalized spacial score (nSPS) is 12.1. The van der Waals surface area contributed by atoms with Crippen LogP contribution in [0.25, 0.3) is 49.8 Å². The van der Waals surface area contributed by atoms with Crippen LogP contribution >= 0.6 is 45.3 Å². The quantitative estimate of drug-likeness (QED) is 0.168. The molecule has 6 rings (SSSR count). The number of unbranched alkanes of at least 4 members (excludes halogenated alkanes) is 7. The number of aryl methyl sites for hydroxylation is 1. The summed E-state index contributed by atoms with van der Waals surface area (Å²) < 4.78 is 5.40. The number of hydrogen-bond acceptors (Lipinski definition) is 6. The van der Waals surface area contributed by atoms with Crippen LogP contribution in [-0.2, 0) is 6.42 Å². The second kappa shape index (κ2) is 10.0. The molecular weight excluding hydrogens is 493 g/mol. The van der Waals surface area contributed by atoms with Crippen LogP contribution in [0, 0.1) is 0 Å². The van der Waals surface area contributed by atoms with E-state index in [4.69, 9.17) is 9.97 Å². The fraction of sp³-hybridized carbons (Fsp3) is 0.357. The molecule has 0 atom stereocenters. The van der Waals surface area contributed by atoms with E-state index in [9.17, 15) is 0 Å².